The minimum atomic E-state index is -0.895. The molecular formula is C9H12ClFN2OS. The molecule has 0 radical (unpaired) electrons. The molecule has 1 saturated heterocycles. The van der Waals surface area contributed by atoms with Crippen molar-refractivity contribution >= 4 is 35.3 Å². The fraction of sp³-hybridized carbons (Fsp3) is 0.444. The van der Waals surface area contributed by atoms with Crippen LogP contribution in [0, 0.1) is 0 Å². The van der Waals surface area contributed by atoms with Crippen LogP contribution in [0.15, 0.2) is 16.8 Å². The summed E-state index contributed by atoms with van der Waals surface area (Å²) in [6.07, 6.45) is -0.621. The van der Waals surface area contributed by atoms with Crippen molar-refractivity contribution in [2.45, 2.75) is 18.6 Å². The second kappa shape index (κ2) is 5.44. The number of rotatable bonds is 2. The van der Waals surface area contributed by atoms with E-state index < -0.39 is 6.17 Å². The zero-order valence-corrected chi connectivity index (χ0v) is 9.54. The molecule has 15 heavy (non-hydrogen) atoms. The van der Waals surface area contributed by atoms with E-state index in [4.69, 9.17) is 0 Å². The minimum Gasteiger partial charge on any atom is -0.324 e. The molecule has 0 aromatic carbocycles. The van der Waals surface area contributed by atoms with Gasteiger partial charge < -0.3 is 10.6 Å². The molecule has 1 fully saturated rings. The van der Waals surface area contributed by atoms with Crippen LogP contribution in [0.5, 0.6) is 0 Å². The van der Waals surface area contributed by atoms with Crippen LogP contribution in [0.25, 0.3) is 0 Å². The highest BCUT2D eigenvalue weighted by Crippen LogP contribution is 2.15. The van der Waals surface area contributed by atoms with Crippen LogP contribution in [0.2, 0.25) is 0 Å². The van der Waals surface area contributed by atoms with Crippen molar-refractivity contribution < 1.29 is 9.18 Å². The number of hydrogen-bond donors (Lipinski definition) is 2. The molecule has 2 rings (SSSR count). The zero-order valence-electron chi connectivity index (χ0n) is 7.90. The molecule has 0 bridgehead atoms. The maximum atomic E-state index is 12.8. The molecule has 0 spiro atoms. The number of carbonyl (C=O) groups is 1. The monoisotopic (exact) mass is 250 g/mol. The van der Waals surface area contributed by atoms with Gasteiger partial charge in [0.1, 0.15) is 6.17 Å². The van der Waals surface area contributed by atoms with E-state index in [1.165, 1.54) is 11.3 Å². The van der Waals surface area contributed by atoms with E-state index in [0.29, 0.717) is 0 Å². The summed E-state index contributed by atoms with van der Waals surface area (Å²) < 4.78 is 12.8. The molecule has 0 aliphatic carbocycles. The van der Waals surface area contributed by atoms with Gasteiger partial charge >= 0.3 is 0 Å². The van der Waals surface area contributed by atoms with E-state index in [-0.39, 0.29) is 37.3 Å². The normalized spacial score (nSPS) is 24.6. The SMILES string of the molecule is Cl.O=C(Nc1ccsc1)[C@H]1C[C@H](F)CN1. The lowest BCUT2D eigenvalue weighted by molar-refractivity contribution is -0.117. The van der Waals surface area contributed by atoms with Gasteiger partial charge in [0.25, 0.3) is 0 Å². The Morgan fingerprint density at radius 1 is 1.67 bits per heavy atom. The number of halogens is 2. The van der Waals surface area contributed by atoms with Crippen molar-refractivity contribution in [2.24, 2.45) is 0 Å². The number of amides is 1. The summed E-state index contributed by atoms with van der Waals surface area (Å²) in [5.41, 5.74) is 0.782. The zero-order chi connectivity index (χ0) is 9.97. The maximum absolute atomic E-state index is 12.8. The third kappa shape index (κ3) is 3.15. The smallest absolute Gasteiger partial charge is 0.241 e. The average Bonchev–Trinajstić information content (AvgIpc) is 2.75. The van der Waals surface area contributed by atoms with Gasteiger partial charge in [-0.25, -0.2) is 4.39 Å². The lowest BCUT2D eigenvalue weighted by Crippen LogP contribution is -2.35. The molecule has 2 heterocycles. The number of alkyl halides is 1. The van der Waals surface area contributed by atoms with Crippen molar-refractivity contribution in [1.29, 1.82) is 0 Å². The lowest BCUT2D eigenvalue weighted by atomic mass is 10.2. The molecule has 1 aromatic heterocycles. The molecule has 1 aliphatic rings. The van der Waals surface area contributed by atoms with Crippen molar-refractivity contribution in [3.63, 3.8) is 0 Å². The minimum absolute atomic E-state index is 0. The number of anilines is 1. The first kappa shape index (κ1) is 12.4. The molecule has 0 saturated carbocycles. The summed E-state index contributed by atoms with van der Waals surface area (Å²) in [5, 5.41) is 9.29. The van der Waals surface area contributed by atoms with Gasteiger partial charge in [0.05, 0.1) is 11.7 Å². The summed E-state index contributed by atoms with van der Waals surface area (Å²) in [6.45, 7) is 0.279. The van der Waals surface area contributed by atoms with Crippen molar-refractivity contribution in [3.05, 3.63) is 16.8 Å². The summed E-state index contributed by atoms with van der Waals surface area (Å²) in [6, 6.07) is 1.44. The Morgan fingerprint density at radius 3 is 3.00 bits per heavy atom. The van der Waals surface area contributed by atoms with Gasteiger partial charge in [-0.3, -0.25) is 4.79 Å². The molecule has 0 unspecified atom stereocenters. The molecule has 2 N–H and O–H groups in total. The van der Waals surface area contributed by atoms with Gasteiger partial charge in [0.15, 0.2) is 0 Å². The van der Waals surface area contributed by atoms with E-state index in [9.17, 15) is 9.18 Å². The van der Waals surface area contributed by atoms with Gasteiger partial charge in [-0.2, -0.15) is 11.3 Å². The third-order valence-electron chi connectivity index (χ3n) is 2.18. The molecular weight excluding hydrogens is 239 g/mol. The van der Waals surface area contributed by atoms with Gasteiger partial charge in [-0.1, -0.05) is 0 Å². The van der Waals surface area contributed by atoms with Gasteiger partial charge in [0.2, 0.25) is 5.91 Å². The first-order valence-electron chi connectivity index (χ1n) is 4.46. The third-order valence-corrected chi connectivity index (χ3v) is 2.87. The number of thiophene rings is 1. The number of nitrogens with one attached hydrogen (secondary N) is 2. The number of carbonyl (C=O) groups excluding carboxylic acids is 1. The van der Waals surface area contributed by atoms with Gasteiger partial charge in [-0.15, -0.1) is 12.4 Å². The van der Waals surface area contributed by atoms with Crippen LogP contribution >= 0.6 is 23.7 Å². The first-order chi connectivity index (χ1) is 6.75. The number of hydrogen-bond acceptors (Lipinski definition) is 3. The second-order valence-corrected chi connectivity index (χ2v) is 4.08. The molecule has 2 atom stereocenters. The Morgan fingerprint density at radius 2 is 2.47 bits per heavy atom. The first-order valence-corrected chi connectivity index (χ1v) is 5.40. The van der Waals surface area contributed by atoms with Gasteiger partial charge in [-0.05, 0) is 11.4 Å². The lowest BCUT2D eigenvalue weighted by Gasteiger charge is -2.08. The predicted molar refractivity (Wildman–Crippen MR) is 61.5 cm³/mol. The molecule has 1 amide bonds. The van der Waals surface area contributed by atoms with Crippen LogP contribution in [0.3, 0.4) is 0 Å². The van der Waals surface area contributed by atoms with E-state index in [0.717, 1.165) is 5.69 Å². The quantitative estimate of drug-likeness (QED) is 0.841. The van der Waals surface area contributed by atoms with Crippen molar-refractivity contribution in [1.82, 2.24) is 5.32 Å². The summed E-state index contributed by atoms with van der Waals surface area (Å²) >= 11 is 1.52. The van der Waals surface area contributed by atoms with E-state index >= 15 is 0 Å². The highest BCUT2D eigenvalue weighted by Gasteiger charge is 2.29. The highest BCUT2D eigenvalue weighted by molar-refractivity contribution is 7.08. The summed E-state index contributed by atoms with van der Waals surface area (Å²) in [5.74, 6) is -0.149. The standard InChI is InChI=1S/C9H11FN2OS.ClH/c10-6-3-8(11-4-6)9(13)12-7-1-2-14-5-7;/h1-2,5-6,8,11H,3-4H2,(H,12,13);1H/t6-,8+;/m0./s1. The Hall–Kier alpha value is -0.650. The van der Waals surface area contributed by atoms with Crippen LogP contribution in [0.4, 0.5) is 10.1 Å². The summed E-state index contributed by atoms with van der Waals surface area (Å²) in [7, 11) is 0. The fourth-order valence-electron chi connectivity index (χ4n) is 1.46. The Bertz CT molecular complexity index is 320. The fourth-order valence-corrected chi connectivity index (χ4v) is 2.05. The van der Waals surface area contributed by atoms with Crippen molar-refractivity contribution in [2.75, 3.05) is 11.9 Å². The Balaban J connectivity index is 0.00000112. The van der Waals surface area contributed by atoms with Crippen LogP contribution in [0.1, 0.15) is 6.42 Å². The largest absolute Gasteiger partial charge is 0.324 e. The molecule has 3 nitrogen and oxygen atoms in total. The van der Waals surface area contributed by atoms with E-state index in [1.54, 1.807) is 0 Å². The Kier molecular flexibility index (Phi) is 4.50. The molecule has 6 heteroatoms. The Labute approximate surface area is 97.5 Å². The summed E-state index contributed by atoms with van der Waals surface area (Å²) in [4.78, 5) is 11.5. The second-order valence-electron chi connectivity index (χ2n) is 3.30. The van der Waals surface area contributed by atoms with Crippen LogP contribution in [-0.4, -0.2) is 24.7 Å². The topological polar surface area (TPSA) is 41.1 Å². The van der Waals surface area contributed by atoms with Crippen LogP contribution < -0.4 is 10.6 Å². The van der Waals surface area contributed by atoms with Crippen LogP contribution in [-0.2, 0) is 4.79 Å². The molecule has 84 valence electrons. The average molecular weight is 251 g/mol. The van der Waals surface area contributed by atoms with Gasteiger partial charge in [0, 0.05) is 18.3 Å². The molecule has 1 aromatic rings. The maximum Gasteiger partial charge on any atom is 0.241 e. The van der Waals surface area contributed by atoms with E-state index in [1.807, 2.05) is 16.8 Å². The van der Waals surface area contributed by atoms with E-state index in [2.05, 4.69) is 10.6 Å². The van der Waals surface area contributed by atoms with Crippen molar-refractivity contribution in [3.8, 4) is 0 Å². The highest BCUT2D eigenvalue weighted by atomic mass is 35.5. The predicted octanol–water partition coefficient (Wildman–Crippen LogP) is 1.81. The molecule has 1 aliphatic heterocycles.